The van der Waals surface area contributed by atoms with Gasteiger partial charge in [-0.25, -0.2) is 0 Å². The molecule has 0 aliphatic rings. The molecule has 0 atom stereocenters. The summed E-state index contributed by atoms with van der Waals surface area (Å²) < 4.78 is 1.59. The third-order valence-electron chi connectivity index (χ3n) is 2.93. The van der Waals surface area contributed by atoms with Crippen molar-refractivity contribution in [3.63, 3.8) is 0 Å². The number of hydrogen-bond acceptors (Lipinski definition) is 2. The SMILES string of the molecule is O=C(O)CCCCCn1[nH]c2ccccc2c1=O. The van der Waals surface area contributed by atoms with Crippen LogP contribution in [0, 0.1) is 0 Å². The van der Waals surface area contributed by atoms with E-state index in [-0.39, 0.29) is 12.0 Å². The van der Waals surface area contributed by atoms with Crippen molar-refractivity contribution in [1.29, 1.82) is 0 Å². The molecule has 2 N–H and O–H groups in total. The number of benzene rings is 1. The highest BCUT2D eigenvalue weighted by atomic mass is 16.4. The van der Waals surface area contributed by atoms with Crippen LogP contribution in [0.4, 0.5) is 0 Å². The molecule has 0 bridgehead atoms. The van der Waals surface area contributed by atoms with Crippen LogP contribution < -0.4 is 5.56 Å². The van der Waals surface area contributed by atoms with Crippen molar-refractivity contribution in [2.75, 3.05) is 0 Å². The number of rotatable bonds is 6. The number of nitrogens with zero attached hydrogens (tertiary/aromatic N) is 1. The maximum Gasteiger partial charge on any atom is 0.303 e. The fourth-order valence-electron chi connectivity index (χ4n) is 1.99. The first-order valence-electron chi connectivity index (χ1n) is 6.08. The zero-order valence-electron chi connectivity index (χ0n) is 10.1. The second-order valence-corrected chi connectivity index (χ2v) is 4.32. The molecule has 5 nitrogen and oxygen atoms in total. The number of para-hydroxylation sites is 1. The summed E-state index contributed by atoms with van der Waals surface area (Å²) in [6.45, 7) is 0.604. The van der Waals surface area contributed by atoms with Gasteiger partial charge in [0.25, 0.3) is 5.56 Å². The lowest BCUT2D eigenvalue weighted by Gasteiger charge is -2.00. The number of hydrogen-bond donors (Lipinski definition) is 2. The average molecular weight is 248 g/mol. The van der Waals surface area contributed by atoms with Crippen LogP contribution in [0.2, 0.25) is 0 Å². The van der Waals surface area contributed by atoms with E-state index in [9.17, 15) is 9.59 Å². The minimum Gasteiger partial charge on any atom is -0.481 e. The van der Waals surface area contributed by atoms with E-state index < -0.39 is 5.97 Å². The van der Waals surface area contributed by atoms with Gasteiger partial charge in [0.2, 0.25) is 0 Å². The first kappa shape index (κ1) is 12.4. The number of H-pyrrole nitrogens is 1. The van der Waals surface area contributed by atoms with Gasteiger partial charge in [0, 0.05) is 13.0 Å². The molecule has 96 valence electrons. The minimum absolute atomic E-state index is 0.0103. The number of carboxylic acid groups (broad SMARTS) is 1. The van der Waals surface area contributed by atoms with E-state index in [0.29, 0.717) is 18.4 Å². The van der Waals surface area contributed by atoms with Crippen molar-refractivity contribution in [1.82, 2.24) is 9.78 Å². The molecule has 0 aliphatic heterocycles. The average Bonchev–Trinajstić information content (AvgIpc) is 2.66. The molecular formula is C13H16N2O3. The van der Waals surface area contributed by atoms with Crippen molar-refractivity contribution < 1.29 is 9.90 Å². The minimum atomic E-state index is -0.766. The van der Waals surface area contributed by atoms with Gasteiger partial charge < -0.3 is 5.11 Å². The predicted octanol–water partition coefficient (Wildman–Crippen LogP) is 1.97. The first-order chi connectivity index (χ1) is 8.68. The summed E-state index contributed by atoms with van der Waals surface area (Å²) in [4.78, 5) is 22.3. The maximum atomic E-state index is 11.9. The first-order valence-corrected chi connectivity index (χ1v) is 6.08. The molecule has 2 rings (SSSR count). The Labute approximate surface area is 104 Å². The molecule has 0 radical (unpaired) electrons. The topological polar surface area (TPSA) is 75.1 Å². The van der Waals surface area contributed by atoms with Crippen LogP contribution in [0.1, 0.15) is 25.7 Å². The van der Waals surface area contributed by atoms with Gasteiger partial charge in [0.05, 0.1) is 10.9 Å². The molecule has 0 fully saturated rings. The van der Waals surface area contributed by atoms with Gasteiger partial charge in [-0.2, -0.15) is 0 Å². The molecule has 1 aromatic heterocycles. The number of unbranched alkanes of at least 4 members (excludes halogenated alkanes) is 2. The molecule has 1 heterocycles. The third kappa shape index (κ3) is 2.80. The summed E-state index contributed by atoms with van der Waals surface area (Å²) in [6, 6.07) is 7.40. The molecule has 2 aromatic rings. The zero-order chi connectivity index (χ0) is 13.0. The molecule has 0 aliphatic carbocycles. The quantitative estimate of drug-likeness (QED) is 0.767. The Morgan fingerprint density at radius 3 is 2.72 bits per heavy atom. The number of aliphatic carboxylic acids is 1. The van der Waals surface area contributed by atoms with E-state index in [0.717, 1.165) is 18.4 Å². The highest BCUT2D eigenvalue weighted by molar-refractivity contribution is 5.77. The van der Waals surface area contributed by atoms with E-state index >= 15 is 0 Å². The van der Waals surface area contributed by atoms with Crippen molar-refractivity contribution in [3.05, 3.63) is 34.6 Å². The second-order valence-electron chi connectivity index (χ2n) is 4.32. The summed E-state index contributed by atoms with van der Waals surface area (Å²) in [5.74, 6) is -0.766. The largest absolute Gasteiger partial charge is 0.481 e. The number of carboxylic acids is 1. The van der Waals surface area contributed by atoms with Gasteiger partial charge in [0.15, 0.2) is 0 Å². The molecule has 0 amide bonds. The molecule has 0 saturated carbocycles. The number of aromatic amines is 1. The Morgan fingerprint density at radius 2 is 2.00 bits per heavy atom. The third-order valence-corrected chi connectivity index (χ3v) is 2.93. The monoisotopic (exact) mass is 248 g/mol. The number of aromatic nitrogens is 2. The molecular weight excluding hydrogens is 232 g/mol. The fourth-order valence-corrected chi connectivity index (χ4v) is 1.99. The number of carbonyl (C=O) groups is 1. The number of fused-ring (bicyclic) bond motifs is 1. The van der Waals surface area contributed by atoms with Crippen LogP contribution in [-0.2, 0) is 11.3 Å². The van der Waals surface area contributed by atoms with Crippen molar-refractivity contribution in [3.8, 4) is 0 Å². The van der Waals surface area contributed by atoms with Gasteiger partial charge >= 0.3 is 5.97 Å². The van der Waals surface area contributed by atoms with E-state index in [1.165, 1.54) is 0 Å². The maximum absolute atomic E-state index is 11.9. The lowest BCUT2D eigenvalue weighted by Crippen LogP contribution is -2.16. The number of nitrogens with one attached hydrogen (secondary N) is 1. The summed E-state index contributed by atoms with van der Waals surface area (Å²) in [6.07, 6.45) is 2.47. The van der Waals surface area contributed by atoms with Gasteiger partial charge in [-0.05, 0) is 25.0 Å². The summed E-state index contributed by atoms with van der Waals surface area (Å²) in [7, 11) is 0. The Hall–Kier alpha value is -2.04. The Balaban J connectivity index is 1.94. The summed E-state index contributed by atoms with van der Waals surface area (Å²) >= 11 is 0. The molecule has 18 heavy (non-hydrogen) atoms. The standard InChI is InChI=1S/C13H16N2O3/c16-12(17)8-2-1-5-9-15-13(18)10-6-3-4-7-11(10)14-15/h3-4,6-7,14H,1-2,5,8-9H2,(H,16,17). The second kappa shape index (κ2) is 5.53. The van der Waals surface area contributed by atoms with E-state index in [2.05, 4.69) is 5.10 Å². The van der Waals surface area contributed by atoms with E-state index in [1.807, 2.05) is 18.2 Å². The molecule has 0 spiro atoms. The van der Waals surface area contributed by atoms with E-state index in [4.69, 9.17) is 5.11 Å². The smallest absolute Gasteiger partial charge is 0.303 e. The lowest BCUT2D eigenvalue weighted by atomic mass is 10.2. The Bertz CT molecular complexity index is 598. The predicted molar refractivity (Wildman–Crippen MR) is 68.7 cm³/mol. The Kier molecular flexibility index (Phi) is 3.82. The molecule has 0 saturated heterocycles. The molecule has 1 aromatic carbocycles. The van der Waals surface area contributed by atoms with Crippen LogP contribution in [0.5, 0.6) is 0 Å². The molecule has 5 heteroatoms. The van der Waals surface area contributed by atoms with Gasteiger partial charge in [0.1, 0.15) is 0 Å². The number of aryl methyl sites for hydroxylation is 1. The van der Waals surface area contributed by atoms with Crippen LogP contribution in [0.15, 0.2) is 29.1 Å². The highest BCUT2D eigenvalue weighted by Crippen LogP contribution is 2.07. The fraction of sp³-hybridized carbons (Fsp3) is 0.385. The van der Waals surface area contributed by atoms with Crippen LogP contribution in [-0.4, -0.2) is 20.9 Å². The highest BCUT2D eigenvalue weighted by Gasteiger charge is 2.05. The van der Waals surface area contributed by atoms with Gasteiger partial charge in [-0.15, -0.1) is 0 Å². The van der Waals surface area contributed by atoms with Gasteiger partial charge in [-0.1, -0.05) is 18.6 Å². The van der Waals surface area contributed by atoms with Crippen LogP contribution in [0.25, 0.3) is 10.9 Å². The lowest BCUT2D eigenvalue weighted by molar-refractivity contribution is -0.137. The van der Waals surface area contributed by atoms with E-state index in [1.54, 1.807) is 10.7 Å². The van der Waals surface area contributed by atoms with Crippen molar-refractivity contribution in [2.45, 2.75) is 32.2 Å². The summed E-state index contributed by atoms with van der Waals surface area (Å²) in [5, 5.41) is 12.3. The molecule has 0 unspecified atom stereocenters. The van der Waals surface area contributed by atoms with Crippen molar-refractivity contribution in [2.24, 2.45) is 0 Å². The summed E-state index contributed by atoms with van der Waals surface area (Å²) in [5.41, 5.74) is 0.830. The normalized spacial score (nSPS) is 10.9. The zero-order valence-corrected chi connectivity index (χ0v) is 10.1. The Morgan fingerprint density at radius 1 is 1.22 bits per heavy atom. The van der Waals surface area contributed by atoms with Gasteiger partial charge in [-0.3, -0.25) is 19.4 Å². The van der Waals surface area contributed by atoms with Crippen molar-refractivity contribution >= 4 is 16.9 Å². The van der Waals surface area contributed by atoms with Crippen LogP contribution >= 0.6 is 0 Å². The van der Waals surface area contributed by atoms with Crippen LogP contribution in [0.3, 0.4) is 0 Å².